The van der Waals surface area contributed by atoms with Crippen LogP contribution in [0.5, 0.6) is 0 Å². The number of likely N-dealkylation sites (tertiary alicyclic amines) is 3. The summed E-state index contributed by atoms with van der Waals surface area (Å²) in [6.07, 6.45) is 4.06. The molecule has 6 amide bonds. The summed E-state index contributed by atoms with van der Waals surface area (Å²) in [6, 6.07) is 0. The number of hydrogen-bond donors (Lipinski definition) is 0. The van der Waals surface area contributed by atoms with Crippen molar-refractivity contribution in [1.29, 1.82) is 0 Å². The molecule has 3 heterocycles. The summed E-state index contributed by atoms with van der Waals surface area (Å²) in [7, 11) is 4.53. The van der Waals surface area contributed by atoms with Gasteiger partial charge in [0.05, 0.1) is 35.5 Å². The first-order valence-corrected chi connectivity index (χ1v) is 12.0. The van der Waals surface area contributed by atoms with Crippen LogP contribution in [-0.2, 0) is 28.8 Å². The first kappa shape index (κ1) is 21.4. The lowest BCUT2D eigenvalue weighted by molar-refractivity contribution is -0.140. The first-order chi connectivity index (χ1) is 16.1. The zero-order chi connectivity index (χ0) is 24.2. The number of fused-ring (bicyclic) bond motifs is 5. The second-order valence-corrected chi connectivity index (χ2v) is 10.7. The fourth-order valence-electron chi connectivity index (χ4n) is 7.50. The number of amides is 6. The van der Waals surface area contributed by atoms with Gasteiger partial charge in [0.15, 0.2) is 0 Å². The van der Waals surface area contributed by atoms with Crippen molar-refractivity contribution in [2.24, 2.45) is 41.4 Å². The molecule has 3 aliphatic carbocycles. The molecule has 0 unspecified atom stereocenters. The lowest BCUT2D eigenvalue weighted by Crippen LogP contribution is -2.40. The Kier molecular flexibility index (Phi) is 4.39. The molecule has 9 nitrogen and oxygen atoms in total. The number of imide groups is 3. The fourth-order valence-corrected chi connectivity index (χ4v) is 7.50. The van der Waals surface area contributed by atoms with E-state index in [-0.39, 0.29) is 47.3 Å². The minimum absolute atomic E-state index is 0.152. The van der Waals surface area contributed by atoms with Crippen molar-refractivity contribution in [3.8, 4) is 0 Å². The van der Waals surface area contributed by atoms with E-state index in [9.17, 15) is 28.8 Å². The third-order valence-corrected chi connectivity index (χ3v) is 9.35. The van der Waals surface area contributed by atoms with Gasteiger partial charge in [0.25, 0.3) is 0 Å². The molecule has 4 fully saturated rings. The molecule has 9 heteroatoms. The highest BCUT2D eigenvalue weighted by molar-refractivity contribution is 6.07. The molecule has 0 spiro atoms. The summed E-state index contributed by atoms with van der Waals surface area (Å²) < 4.78 is 0. The number of carbonyl (C=O) groups excluding carboxylic acids is 6. The average Bonchev–Trinajstić information content (AvgIpc) is 3.29. The minimum atomic E-state index is -0.510. The Morgan fingerprint density at radius 2 is 1.12 bits per heavy atom. The van der Waals surface area contributed by atoms with Crippen LogP contribution in [0.15, 0.2) is 22.8 Å². The van der Waals surface area contributed by atoms with Gasteiger partial charge in [-0.05, 0) is 49.2 Å². The van der Waals surface area contributed by atoms with E-state index in [4.69, 9.17) is 0 Å². The van der Waals surface area contributed by atoms with E-state index < -0.39 is 29.6 Å². The Morgan fingerprint density at radius 3 is 1.79 bits per heavy atom. The Labute approximate surface area is 196 Å². The molecule has 7 atom stereocenters. The van der Waals surface area contributed by atoms with E-state index in [0.29, 0.717) is 32.1 Å². The fraction of sp³-hybridized carbons (Fsp3) is 0.600. The Morgan fingerprint density at radius 1 is 0.588 bits per heavy atom. The first-order valence-electron chi connectivity index (χ1n) is 12.0. The molecule has 0 aromatic heterocycles. The standard InChI is InChI=1S/C25H27N3O6/c1-26-20(29)11-5-4-10(6-15(11)21(26)30)12-7-18-19(25(34)28(3)24(18)33)14-9-17-16(8-13(12)14)22(31)27(2)23(17)32/h4,11,14-19H,5-9H2,1-3H3/t11-,14+,15+,16+,17-,18-,19+/m0/s1. The van der Waals surface area contributed by atoms with E-state index in [2.05, 4.69) is 0 Å². The third-order valence-electron chi connectivity index (χ3n) is 9.35. The SMILES string of the molecule is CN1C(=O)[C@H]2[C@H](CC(C3=CC[C@@H]4C(=O)N(C)C(=O)[C@@H]4C3)=C3C[C@H]4C(=O)N(C)C(=O)[C@H]4C[C@H]32)C1=O. The van der Waals surface area contributed by atoms with Crippen LogP contribution >= 0.6 is 0 Å². The van der Waals surface area contributed by atoms with Crippen molar-refractivity contribution in [2.75, 3.05) is 21.1 Å². The van der Waals surface area contributed by atoms with E-state index in [0.717, 1.165) is 16.7 Å². The van der Waals surface area contributed by atoms with Gasteiger partial charge in [0, 0.05) is 21.1 Å². The van der Waals surface area contributed by atoms with Gasteiger partial charge >= 0.3 is 0 Å². The Balaban J connectivity index is 1.44. The highest BCUT2D eigenvalue weighted by Gasteiger charge is 2.59. The van der Waals surface area contributed by atoms with Crippen LogP contribution in [0.1, 0.15) is 32.1 Å². The number of nitrogens with zero attached hydrogens (tertiary/aromatic N) is 3. The highest BCUT2D eigenvalue weighted by Crippen LogP contribution is 2.56. The number of rotatable bonds is 1. The van der Waals surface area contributed by atoms with Crippen LogP contribution in [0.3, 0.4) is 0 Å². The molecule has 1 saturated carbocycles. The summed E-state index contributed by atoms with van der Waals surface area (Å²) in [4.78, 5) is 80.4. The molecule has 3 saturated heterocycles. The second-order valence-electron chi connectivity index (χ2n) is 10.7. The number of allylic oxidation sites excluding steroid dienone is 4. The van der Waals surface area contributed by atoms with Crippen molar-refractivity contribution >= 4 is 35.4 Å². The van der Waals surface area contributed by atoms with E-state index >= 15 is 0 Å². The minimum Gasteiger partial charge on any atom is -0.285 e. The van der Waals surface area contributed by atoms with E-state index in [1.54, 1.807) is 0 Å². The Hall–Kier alpha value is -3.10. The monoisotopic (exact) mass is 465 g/mol. The molecule has 0 aromatic carbocycles. The van der Waals surface area contributed by atoms with E-state index in [1.807, 2.05) is 6.08 Å². The third kappa shape index (κ3) is 2.55. The molecule has 0 aromatic rings. The van der Waals surface area contributed by atoms with Gasteiger partial charge in [-0.2, -0.15) is 0 Å². The van der Waals surface area contributed by atoms with Crippen molar-refractivity contribution in [1.82, 2.24) is 14.7 Å². The molecule has 178 valence electrons. The predicted octanol–water partition coefficient (Wildman–Crippen LogP) is 0.510. The van der Waals surface area contributed by atoms with Crippen LogP contribution in [0.25, 0.3) is 0 Å². The maximum Gasteiger partial charge on any atom is 0.233 e. The van der Waals surface area contributed by atoms with Gasteiger partial charge in [-0.1, -0.05) is 11.6 Å². The summed E-state index contributed by atoms with van der Waals surface area (Å²) >= 11 is 0. The molecule has 0 bridgehead atoms. The lowest BCUT2D eigenvalue weighted by atomic mass is 9.59. The van der Waals surface area contributed by atoms with Gasteiger partial charge in [0.1, 0.15) is 0 Å². The molecule has 0 N–H and O–H groups in total. The molecule has 6 rings (SSSR count). The Bertz CT molecular complexity index is 1170. The summed E-state index contributed by atoms with van der Waals surface area (Å²) in [5.74, 6) is -4.10. The molecular weight excluding hydrogens is 438 g/mol. The van der Waals surface area contributed by atoms with Gasteiger partial charge < -0.3 is 0 Å². The van der Waals surface area contributed by atoms with Crippen LogP contribution in [0.2, 0.25) is 0 Å². The number of hydrogen-bond acceptors (Lipinski definition) is 6. The lowest BCUT2D eigenvalue weighted by Gasteiger charge is -2.42. The molecular formula is C25H27N3O6. The molecule has 3 aliphatic heterocycles. The normalized spacial score (nSPS) is 39.6. The van der Waals surface area contributed by atoms with Gasteiger partial charge in [0.2, 0.25) is 35.4 Å². The zero-order valence-corrected chi connectivity index (χ0v) is 19.4. The molecule has 0 radical (unpaired) electrons. The van der Waals surface area contributed by atoms with Crippen LogP contribution in [0, 0.1) is 41.4 Å². The van der Waals surface area contributed by atoms with Gasteiger partial charge in [-0.15, -0.1) is 0 Å². The van der Waals surface area contributed by atoms with Crippen molar-refractivity contribution in [3.05, 3.63) is 22.8 Å². The predicted molar refractivity (Wildman–Crippen MR) is 116 cm³/mol. The van der Waals surface area contributed by atoms with Crippen molar-refractivity contribution in [2.45, 2.75) is 32.1 Å². The summed E-state index contributed by atoms with van der Waals surface area (Å²) in [5, 5.41) is 0. The largest absolute Gasteiger partial charge is 0.285 e. The average molecular weight is 466 g/mol. The maximum atomic E-state index is 13.1. The molecule has 34 heavy (non-hydrogen) atoms. The van der Waals surface area contributed by atoms with Gasteiger partial charge in [-0.3, -0.25) is 43.5 Å². The van der Waals surface area contributed by atoms with E-state index in [1.165, 1.54) is 35.8 Å². The van der Waals surface area contributed by atoms with Crippen LogP contribution in [0.4, 0.5) is 0 Å². The van der Waals surface area contributed by atoms with Crippen molar-refractivity contribution < 1.29 is 28.8 Å². The zero-order valence-electron chi connectivity index (χ0n) is 19.4. The van der Waals surface area contributed by atoms with Crippen molar-refractivity contribution in [3.63, 3.8) is 0 Å². The maximum absolute atomic E-state index is 13.1. The van der Waals surface area contributed by atoms with Gasteiger partial charge in [-0.25, -0.2) is 0 Å². The molecule has 6 aliphatic rings. The van der Waals surface area contributed by atoms with Crippen LogP contribution < -0.4 is 0 Å². The number of carbonyl (C=O) groups is 6. The van der Waals surface area contributed by atoms with Crippen LogP contribution in [-0.4, -0.2) is 71.3 Å². The highest BCUT2D eigenvalue weighted by atomic mass is 16.2. The summed E-state index contributed by atoms with van der Waals surface area (Å²) in [5.41, 5.74) is 2.91. The second kappa shape index (κ2) is 6.96. The smallest absolute Gasteiger partial charge is 0.233 e. The quantitative estimate of drug-likeness (QED) is 0.522. The topological polar surface area (TPSA) is 112 Å². The summed E-state index contributed by atoms with van der Waals surface area (Å²) in [6.45, 7) is 0.